The number of aliphatic hydroxyl groups excluding tert-OH is 1. The molecule has 0 aliphatic carbocycles. The molecule has 0 amide bonds. The summed E-state index contributed by atoms with van der Waals surface area (Å²) in [4.78, 5) is 4.65. The number of hydrogen-bond acceptors (Lipinski definition) is 5. The number of nitrogens with one attached hydrogen (secondary N) is 1. The highest BCUT2D eigenvalue weighted by atomic mass is 16.3. The fraction of sp³-hybridized carbons (Fsp3) is 0.150. The number of hydrogen-bond donors (Lipinski definition) is 2. The minimum atomic E-state index is -0.105. The first-order valence-corrected chi connectivity index (χ1v) is 8.48. The quantitative estimate of drug-likeness (QED) is 0.579. The van der Waals surface area contributed by atoms with E-state index in [1.165, 1.54) is 0 Å². The van der Waals surface area contributed by atoms with Crippen LogP contribution in [0.3, 0.4) is 0 Å². The number of pyridine rings is 1. The molecule has 6 nitrogen and oxygen atoms in total. The van der Waals surface area contributed by atoms with E-state index in [9.17, 15) is 5.11 Å². The molecule has 0 aliphatic heterocycles. The third kappa shape index (κ3) is 3.14. The highest BCUT2D eigenvalue weighted by Gasteiger charge is 2.14. The molecule has 2 N–H and O–H groups in total. The number of fused-ring (bicyclic) bond motifs is 1. The van der Waals surface area contributed by atoms with Gasteiger partial charge in [0, 0.05) is 10.9 Å². The Bertz CT molecular complexity index is 1030. The first-order chi connectivity index (χ1) is 12.7. The lowest BCUT2D eigenvalue weighted by Crippen LogP contribution is -2.10. The smallest absolute Gasteiger partial charge is 0.132 e. The molecule has 2 aromatic carbocycles. The Morgan fingerprint density at radius 1 is 1.08 bits per heavy atom. The minimum absolute atomic E-state index is 0.0798. The van der Waals surface area contributed by atoms with Gasteiger partial charge in [0.1, 0.15) is 11.5 Å². The summed E-state index contributed by atoms with van der Waals surface area (Å²) in [5, 5.41) is 22.5. The van der Waals surface area contributed by atoms with Gasteiger partial charge in [-0.25, -0.2) is 9.67 Å². The van der Waals surface area contributed by atoms with Gasteiger partial charge in [-0.15, -0.1) is 5.10 Å². The Morgan fingerprint density at radius 2 is 1.85 bits per heavy atom. The fourth-order valence-corrected chi connectivity index (χ4v) is 2.87. The van der Waals surface area contributed by atoms with Gasteiger partial charge < -0.3 is 10.4 Å². The van der Waals surface area contributed by atoms with Crippen LogP contribution in [0.2, 0.25) is 0 Å². The summed E-state index contributed by atoms with van der Waals surface area (Å²) in [5.41, 5.74) is 3.39. The largest absolute Gasteiger partial charge is 0.392 e. The van der Waals surface area contributed by atoms with Crippen LogP contribution in [-0.4, -0.2) is 25.1 Å². The van der Waals surface area contributed by atoms with E-state index < -0.39 is 0 Å². The highest BCUT2D eigenvalue weighted by molar-refractivity contribution is 5.81. The molecule has 0 bridgehead atoms. The van der Waals surface area contributed by atoms with Crippen molar-refractivity contribution in [3.63, 3.8) is 0 Å². The lowest BCUT2D eigenvalue weighted by Gasteiger charge is -2.15. The number of aliphatic hydroxyl groups is 1. The predicted octanol–water partition coefficient (Wildman–Crippen LogP) is 3.48. The summed E-state index contributed by atoms with van der Waals surface area (Å²) in [6.45, 7) is 1.92. The molecule has 0 saturated heterocycles. The Labute approximate surface area is 151 Å². The van der Waals surface area contributed by atoms with Crippen molar-refractivity contribution in [2.24, 2.45) is 0 Å². The molecule has 4 aromatic rings. The van der Waals surface area contributed by atoms with Crippen molar-refractivity contribution in [3.8, 4) is 5.69 Å². The van der Waals surface area contributed by atoms with Crippen molar-refractivity contribution in [1.82, 2.24) is 20.0 Å². The van der Waals surface area contributed by atoms with Crippen LogP contribution in [0.5, 0.6) is 0 Å². The molecule has 130 valence electrons. The van der Waals surface area contributed by atoms with Crippen LogP contribution in [-0.2, 0) is 6.61 Å². The normalized spacial score (nSPS) is 12.2. The second kappa shape index (κ2) is 6.93. The highest BCUT2D eigenvalue weighted by Crippen LogP contribution is 2.24. The minimum Gasteiger partial charge on any atom is -0.392 e. The summed E-state index contributed by atoms with van der Waals surface area (Å²) < 4.78 is 1.74. The maximum Gasteiger partial charge on any atom is 0.132 e. The van der Waals surface area contributed by atoms with Gasteiger partial charge in [-0.1, -0.05) is 41.6 Å². The third-order valence-corrected chi connectivity index (χ3v) is 4.30. The van der Waals surface area contributed by atoms with E-state index in [2.05, 4.69) is 20.6 Å². The standard InChI is InChI=1S/C20H19N5O/c1-14(19-12-25(24-23-19)17-8-3-2-4-9-17)21-20-16(13-26)11-15-7-5-6-10-18(15)22-20/h2-12,14,26H,13H2,1H3,(H,21,22). The first-order valence-electron chi connectivity index (χ1n) is 8.48. The molecule has 1 atom stereocenters. The summed E-state index contributed by atoms with van der Waals surface area (Å²) in [7, 11) is 0. The zero-order valence-corrected chi connectivity index (χ0v) is 14.4. The van der Waals surface area contributed by atoms with Crippen LogP contribution in [0.25, 0.3) is 16.6 Å². The Morgan fingerprint density at radius 3 is 2.65 bits per heavy atom. The number of nitrogens with zero attached hydrogens (tertiary/aromatic N) is 4. The molecule has 0 radical (unpaired) electrons. The molecule has 2 aromatic heterocycles. The Balaban J connectivity index is 1.61. The molecule has 0 saturated carbocycles. The molecule has 1 unspecified atom stereocenters. The van der Waals surface area contributed by atoms with E-state index in [4.69, 9.17) is 0 Å². The van der Waals surface area contributed by atoms with Gasteiger partial charge in [-0.3, -0.25) is 0 Å². The molecule has 0 fully saturated rings. The molecule has 0 aliphatic rings. The van der Waals surface area contributed by atoms with Crippen molar-refractivity contribution >= 4 is 16.7 Å². The van der Waals surface area contributed by atoms with Crippen molar-refractivity contribution in [2.75, 3.05) is 5.32 Å². The average Bonchev–Trinajstić information content (AvgIpc) is 3.18. The zero-order valence-electron chi connectivity index (χ0n) is 14.4. The van der Waals surface area contributed by atoms with Crippen LogP contribution in [0.15, 0.2) is 66.9 Å². The maximum absolute atomic E-state index is 9.70. The van der Waals surface area contributed by atoms with Gasteiger partial charge in [0.05, 0.1) is 30.0 Å². The van der Waals surface area contributed by atoms with Crippen LogP contribution in [0, 0.1) is 0 Å². The number of para-hydroxylation sites is 2. The van der Waals surface area contributed by atoms with Gasteiger partial charge in [0.2, 0.25) is 0 Å². The van der Waals surface area contributed by atoms with Gasteiger partial charge in [-0.05, 0) is 31.2 Å². The molecule has 0 spiro atoms. The number of anilines is 1. The maximum atomic E-state index is 9.70. The predicted molar refractivity (Wildman–Crippen MR) is 101 cm³/mol. The van der Waals surface area contributed by atoms with E-state index in [0.717, 1.165) is 27.8 Å². The van der Waals surface area contributed by atoms with Crippen molar-refractivity contribution in [1.29, 1.82) is 0 Å². The lowest BCUT2D eigenvalue weighted by atomic mass is 10.1. The molecular weight excluding hydrogens is 326 g/mol. The molecule has 26 heavy (non-hydrogen) atoms. The number of benzene rings is 2. The third-order valence-electron chi connectivity index (χ3n) is 4.30. The zero-order chi connectivity index (χ0) is 17.9. The van der Waals surface area contributed by atoms with Gasteiger partial charge >= 0.3 is 0 Å². The van der Waals surface area contributed by atoms with E-state index >= 15 is 0 Å². The molecule has 2 heterocycles. The monoisotopic (exact) mass is 345 g/mol. The second-order valence-electron chi connectivity index (χ2n) is 6.14. The van der Waals surface area contributed by atoms with Crippen molar-refractivity contribution < 1.29 is 5.11 Å². The van der Waals surface area contributed by atoms with Gasteiger partial charge in [-0.2, -0.15) is 0 Å². The van der Waals surface area contributed by atoms with Crippen molar-refractivity contribution in [2.45, 2.75) is 19.6 Å². The Hall–Kier alpha value is -3.25. The van der Waals surface area contributed by atoms with Crippen LogP contribution in [0.1, 0.15) is 24.2 Å². The molecular formula is C20H19N5O. The lowest BCUT2D eigenvalue weighted by molar-refractivity contribution is 0.282. The summed E-state index contributed by atoms with van der Waals surface area (Å²) in [6.07, 6.45) is 1.90. The van der Waals surface area contributed by atoms with Crippen LogP contribution in [0.4, 0.5) is 5.82 Å². The Kier molecular flexibility index (Phi) is 4.33. The first kappa shape index (κ1) is 16.2. The SMILES string of the molecule is CC(Nc1nc2ccccc2cc1CO)c1cn(-c2ccccc2)nn1. The van der Waals surface area contributed by atoms with E-state index in [0.29, 0.717) is 5.82 Å². The summed E-state index contributed by atoms with van der Waals surface area (Å²) in [6, 6.07) is 19.6. The number of rotatable bonds is 5. The van der Waals surface area contributed by atoms with Crippen molar-refractivity contribution in [3.05, 3.63) is 78.1 Å². The topological polar surface area (TPSA) is 75.9 Å². The van der Waals surface area contributed by atoms with Gasteiger partial charge in [0.25, 0.3) is 0 Å². The van der Waals surface area contributed by atoms with Crippen LogP contribution >= 0.6 is 0 Å². The molecule has 4 rings (SSSR count). The van der Waals surface area contributed by atoms with E-state index in [1.807, 2.05) is 73.8 Å². The molecule has 6 heteroatoms. The average molecular weight is 345 g/mol. The second-order valence-corrected chi connectivity index (χ2v) is 6.14. The van der Waals surface area contributed by atoms with E-state index in [-0.39, 0.29) is 12.6 Å². The van der Waals surface area contributed by atoms with E-state index in [1.54, 1.807) is 4.68 Å². The summed E-state index contributed by atoms with van der Waals surface area (Å²) in [5.74, 6) is 0.660. The van der Waals surface area contributed by atoms with Crippen LogP contribution < -0.4 is 5.32 Å². The fourth-order valence-electron chi connectivity index (χ4n) is 2.87. The summed E-state index contributed by atoms with van der Waals surface area (Å²) >= 11 is 0. The van der Waals surface area contributed by atoms with Gasteiger partial charge in [0.15, 0.2) is 0 Å². The number of aromatic nitrogens is 4.